The molecule has 170 valence electrons. The lowest BCUT2D eigenvalue weighted by molar-refractivity contribution is -0.140. The van der Waals surface area contributed by atoms with Gasteiger partial charge < -0.3 is 19.5 Å². The Hall–Kier alpha value is -3.19. The molecule has 1 unspecified atom stereocenters. The molecule has 1 aliphatic rings. The highest BCUT2D eigenvalue weighted by molar-refractivity contribution is 6.46. The van der Waals surface area contributed by atoms with Gasteiger partial charge in [0.25, 0.3) is 11.7 Å². The van der Waals surface area contributed by atoms with Crippen molar-refractivity contribution in [1.29, 1.82) is 0 Å². The first-order valence-corrected chi connectivity index (χ1v) is 10.6. The second kappa shape index (κ2) is 10.4. The number of benzene rings is 2. The quantitative estimate of drug-likeness (QED) is 0.272. The molecule has 0 aliphatic carbocycles. The van der Waals surface area contributed by atoms with Crippen molar-refractivity contribution in [1.82, 2.24) is 4.90 Å². The fourth-order valence-electron chi connectivity index (χ4n) is 3.64. The Kier molecular flexibility index (Phi) is 7.64. The summed E-state index contributed by atoms with van der Waals surface area (Å²) in [7, 11) is 1.54. The molecule has 1 heterocycles. The molecule has 6 nitrogen and oxygen atoms in total. The smallest absolute Gasteiger partial charge is 0.295 e. The molecular formula is C25H28FNO5. The third-order valence-electron chi connectivity index (χ3n) is 5.20. The molecule has 0 spiro atoms. The van der Waals surface area contributed by atoms with Crippen LogP contribution in [0.4, 0.5) is 4.39 Å². The highest BCUT2D eigenvalue weighted by atomic mass is 19.1. The Balaban J connectivity index is 2.02. The number of methoxy groups -OCH3 is 1. The van der Waals surface area contributed by atoms with Crippen molar-refractivity contribution in [3.8, 4) is 5.75 Å². The number of halogens is 1. The number of likely N-dealkylation sites (tertiary alicyclic amines) is 1. The summed E-state index contributed by atoms with van der Waals surface area (Å²) in [6.45, 7) is 5.19. The molecule has 32 heavy (non-hydrogen) atoms. The molecule has 3 rings (SSSR count). The number of rotatable bonds is 9. The number of carbonyl (C=O) groups excluding carboxylic acids is 2. The summed E-state index contributed by atoms with van der Waals surface area (Å²) < 4.78 is 25.4. The zero-order chi connectivity index (χ0) is 23.3. The van der Waals surface area contributed by atoms with Crippen molar-refractivity contribution in [2.45, 2.75) is 26.3 Å². The number of hydrogen-bond acceptors (Lipinski definition) is 5. The number of ether oxygens (including phenoxy) is 2. The van der Waals surface area contributed by atoms with E-state index in [-0.39, 0.29) is 23.4 Å². The number of ketones is 1. The first-order valence-electron chi connectivity index (χ1n) is 10.6. The largest absolute Gasteiger partial charge is 0.507 e. The van der Waals surface area contributed by atoms with E-state index in [9.17, 15) is 19.1 Å². The highest BCUT2D eigenvalue weighted by Gasteiger charge is 2.46. The van der Waals surface area contributed by atoms with Crippen LogP contribution < -0.4 is 4.74 Å². The molecule has 1 atom stereocenters. The zero-order valence-electron chi connectivity index (χ0n) is 18.5. The van der Waals surface area contributed by atoms with Crippen LogP contribution in [0.25, 0.3) is 5.76 Å². The summed E-state index contributed by atoms with van der Waals surface area (Å²) in [6.07, 6.45) is 0.469. The summed E-state index contributed by atoms with van der Waals surface area (Å²) in [4.78, 5) is 27.0. The number of Topliss-reactive ketones (excluding diaryl/α,β-unsaturated/α-hetero) is 1. The molecule has 0 saturated carbocycles. The van der Waals surface area contributed by atoms with E-state index in [0.717, 1.165) is 0 Å². The molecule has 1 amide bonds. The highest BCUT2D eigenvalue weighted by Crippen LogP contribution is 2.40. The van der Waals surface area contributed by atoms with Gasteiger partial charge in [-0.15, -0.1) is 0 Å². The molecule has 1 aliphatic heterocycles. The van der Waals surface area contributed by atoms with E-state index >= 15 is 0 Å². The second-order valence-corrected chi connectivity index (χ2v) is 8.09. The van der Waals surface area contributed by atoms with Gasteiger partial charge in [-0.3, -0.25) is 9.59 Å². The topological polar surface area (TPSA) is 76.1 Å². The Morgan fingerprint density at radius 1 is 1.12 bits per heavy atom. The van der Waals surface area contributed by atoms with Crippen molar-refractivity contribution >= 4 is 17.4 Å². The minimum Gasteiger partial charge on any atom is -0.507 e. The maximum atomic E-state index is 14.7. The Labute approximate surface area is 187 Å². The van der Waals surface area contributed by atoms with Crippen LogP contribution in [0.5, 0.6) is 5.75 Å². The summed E-state index contributed by atoms with van der Waals surface area (Å²) in [6, 6.07) is 11.5. The van der Waals surface area contributed by atoms with Crippen LogP contribution in [-0.4, -0.2) is 48.6 Å². The first kappa shape index (κ1) is 23.5. The number of carbonyl (C=O) groups is 2. The SMILES string of the molecule is COCCCN1C(=O)C(=O)/C(=C(\O)c2ccc(OCC(C)C)cc2)C1c1ccccc1F. The van der Waals surface area contributed by atoms with Crippen LogP contribution in [-0.2, 0) is 14.3 Å². The van der Waals surface area contributed by atoms with Crippen molar-refractivity contribution in [3.63, 3.8) is 0 Å². The molecule has 1 fully saturated rings. The molecule has 1 saturated heterocycles. The van der Waals surface area contributed by atoms with Crippen molar-refractivity contribution in [2.75, 3.05) is 26.9 Å². The van der Waals surface area contributed by atoms with E-state index < -0.39 is 23.5 Å². The summed E-state index contributed by atoms with van der Waals surface area (Å²) in [5.41, 5.74) is 0.369. The van der Waals surface area contributed by atoms with E-state index in [2.05, 4.69) is 0 Å². The minimum atomic E-state index is -1.02. The molecule has 0 radical (unpaired) electrons. The molecule has 0 bridgehead atoms. The lowest BCUT2D eigenvalue weighted by atomic mass is 9.95. The van der Waals surface area contributed by atoms with Crippen molar-refractivity contribution in [2.24, 2.45) is 5.92 Å². The lowest BCUT2D eigenvalue weighted by Gasteiger charge is -2.25. The number of amides is 1. The predicted octanol–water partition coefficient (Wildman–Crippen LogP) is 4.32. The van der Waals surface area contributed by atoms with Crippen molar-refractivity contribution in [3.05, 3.63) is 71.0 Å². The standard InChI is InChI=1S/C25H28FNO5/c1-16(2)15-32-18-11-9-17(10-12-18)23(28)21-22(19-7-4-5-8-20(19)26)27(13-6-14-31-3)25(30)24(21)29/h4-5,7-12,16,22,28H,6,13-15H2,1-3H3/b23-21-. The Bertz CT molecular complexity index is 1000. The zero-order valence-corrected chi connectivity index (χ0v) is 18.5. The number of aliphatic hydroxyl groups excluding tert-OH is 1. The normalized spacial score (nSPS) is 17.9. The molecule has 2 aromatic carbocycles. The summed E-state index contributed by atoms with van der Waals surface area (Å²) in [5, 5.41) is 11.0. The van der Waals surface area contributed by atoms with Gasteiger partial charge in [-0.05, 0) is 42.7 Å². The monoisotopic (exact) mass is 441 g/mol. The van der Waals surface area contributed by atoms with Crippen LogP contribution >= 0.6 is 0 Å². The summed E-state index contributed by atoms with van der Waals surface area (Å²) in [5.74, 6) is -1.53. The molecule has 1 N–H and O–H groups in total. The van der Waals surface area contributed by atoms with Crippen LogP contribution in [0.2, 0.25) is 0 Å². The molecule has 0 aromatic heterocycles. The average Bonchev–Trinajstić information content (AvgIpc) is 3.03. The van der Waals surface area contributed by atoms with E-state index in [0.29, 0.717) is 36.9 Å². The van der Waals surface area contributed by atoms with Gasteiger partial charge in [-0.1, -0.05) is 32.0 Å². The number of hydrogen-bond donors (Lipinski definition) is 1. The fourth-order valence-corrected chi connectivity index (χ4v) is 3.64. The molecule has 2 aromatic rings. The van der Waals surface area contributed by atoms with E-state index in [1.807, 2.05) is 13.8 Å². The third kappa shape index (κ3) is 4.99. The summed E-state index contributed by atoms with van der Waals surface area (Å²) >= 11 is 0. The maximum Gasteiger partial charge on any atom is 0.295 e. The maximum absolute atomic E-state index is 14.7. The van der Waals surface area contributed by atoms with E-state index in [1.54, 1.807) is 30.3 Å². The van der Waals surface area contributed by atoms with Gasteiger partial charge in [-0.25, -0.2) is 4.39 Å². The minimum absolute atomic E-state index is 0.131. The van der Waals surface area contributed by atoms with Crippen molar-refractivity contribution < 1.29 is 28.6 Å². The number of nitrogens with zero attached hydrogens (tertiary/aromatic N) is 1. The van der Waals surface area contributed by atoms with Crippen LogP contribution in [0.3, 0.4) is 0 Å². The van der Waals surface area contributed by atoms with Gasteiger partial charge >= 0.3 is 0 Å². The van der Waals surface area contributed by atoms with Gasteiger partial charge in [0.2, 0.25) is 0 Å². The second-order valence-electron chi connectivity index (χ2n) is 8.09. The number of aliphatic hydroxyl groups is 1. The van der Waals surface area contributed by atoms with E-state index in [4.69, 9.17) is 9.47 Å². The van der Waals surface area contributed by atoms with E-state index in [1.165, 1.54) is 30.2 Å². The van der Waals surface area contributed by atoms with Gasteiger partial charge in [0.15, 0.2) is 0 Å². The third-order valence-corrected chi connectivity index (χ3v) is 5.20. The van der Waals surface area contributed by atoms with Crippen LogP contribution in [0.1, 0.15) is 37.4 Å². The Morgan fingerprint density at radius 2 is 1.81 bits per heavy atom. The van der Waals surface area contributed by atoms with Crippen LogP contribution in [0, 0.1) is 11.7 Å². The first-order chi connectivity index (χ1) is 15.3. The van der Waals surface area contributed by atoms with Crippen LogP contribution in [0.15, 0.2) is 54.1 Å². The molecule has 7 heteroatoms. The van der Waals surface area contributed by atoms with Gasteiger partial charge in [0, 0.05) is 31.4 Å². The van der Waals surface area contributed by atoms with Gasteiger partial charge in [-0.2, -0.15) is 0 Å². The average molecular weight is 441 g/mol. The molecular weight excluding hydrogens is 413 g/mol. The predicted molar refractivity (Wildman–Crippen MR) is 119 cm³/mol. The van der Waals surface area contributed by atoms with Gasteiger partial charge in [0.05, 0.1) is 18.2 Å². The lowest BCUT2D eigenvalue weighted by Crippen LogP contribution is -2.31. The fraction of sp³-hybridized carbons (Fsp3) is 0.360. The van der Waals surface area contributed by atoms with Gasteiger partial charge in [0.1, 0.15) is 17.3 Å². The Morgan fingerprint density at radius 3 is 2.44 bits per heavy atom.